The topological polar surface area (TPSA) is 44.8 Å². The summed E-state index contributed by atoms with van der Waals surface area (Å²) >= 11 is 0. The molecule has 0 bridgehead atoms. The quantitative estimate of drug-likeness (QED) is 0.283. The van der Waals surface area contributed by atoms with Crippen molar-refractivity contribution in [2.45, 2.75) is 52.1 Å². The van der Waals surface area contributed by atoms with E-state index in [0.29, 0.717) is 12.2 Å². The van der Waals surface area contributed by atoms with Crippen LogP contribution >= 0.6 is 0 Å². The summed E-state index contributed by atoms with van der Waals surface area (Å²) in [6, 6.07) is 1.01. The maximum atomic E-state index is 11.1. The largest absolute Gasteiger partial charge is 0.462 e. The summed E-state index contributed by atoms with van der Waals surface area (Å²) in [4.78, 5) is 11.1. The minimum atomic E-state index is -1.94. The van der Waals surface area contributed by atoms with Gasteiger partial charge in [0.1, 0.15) is 9.76 Å². The maximum Gasteiger partial charge on any atom is 0.333 e. The highest BCUT2D eigenvalue weighted by molar-refractivity contribution is 6.82. The first-order valence-corrected chi connectivity index (χ1v) is 14.5. The van der Waals surface area contributed by atoms with Crippen LogP contribution in [-0.4, -0.2) is 39.2 Å². The fourth-order valence-electron chi connectivity index (χ4n) is 1.58. The molecule has 0 aliphatic heterocycles. The monoisotopic (exact) mass is 320 g/mol. The van der Waals surface area contributed by atoms with Gasteiger partial charge in [-0.15, -0.1) is 0 Å². The molecule has 0 aliphatic carbocycles. The van der Waals surface area contributed by atoms with Gasteiger partial charge in [-0.3, -0.25) is 0 Å². The Balaban J connectivity index is 3.69. The summed E-state index contributed by atoms with van der Waals surface area (Å²) in [5.74, 6) is -0.306. The van der Waals surface area contributed by atoms with E-state index in [-0.39, 0.29) is 5.97 Å². The Morgan fingerprint density at radius 2 is 1.79 bits per heavy atom. The molecule has 0 amide bonds. The van der Waals surface area contributed by atoms with Crippen LogP contribution in [0, 0.1) is 0 Å². The van der Waals surface area contributed by atoms with Gasteiger partial charge in [0.2, 0.25) is 0 Å². The van der Waals surface area contributed by atoms with Crippen LogP contribution in [0.1, 0.15) is 13.3 Å². The van der Waals surface area contributed by atoms with Crippen LogP contribution < -0.4 is 0 Å². The summed E-state index contributed by atoms with van der Waals surface area (Å²) in [5, 5.41) is 0. The molecule has 19 heavy (non-hydrogen) atoms. The van der Waals surface area contributed by atoms with Gasteiger partial charge >= 0.3 is 14.5 Å². The number of carbonyl (C=O) groups excluding carboxylic acids is 1. The zero-order chi connectivity index (χ0) is 15.1. The zero-order valence-corrected chi connectivity index (χ0v) is 16.6. The van der Waals surface area contributed by atoms with Crippen molar-refractivity contribution in [3.63, 3.8) is 0 Å². The Kier molecular flexibility index (Phi) is 8.06. The van der Waals surface area contributed by atoms with Gasteiger partial charge in [-0.1, -0.05) is 6.58 Å². The molecule has 0 saturated heterocycles. The molecule has 7 heteroatoms. The molecule has 0 saturated carbocycles. The lowest BCUT2D eigenvalue weighted by atomic mass is 10.4. The van der Waals surface area contributed by atoms with Gasteiger partial charge in [0.15, 0.2) is 8.32 Å². The summed E-state index contributed by atoms with van der Waals surface area (Å²) in [7, 11) is -4.03. The summed E-state index contributed by atoms with van der Waals surface area (Å²) < 4.78 is 17.1. The third-order valence-electron chi connectivity index (χ3n) is 2.12. The first-order chi connectivity index (χ1) is 8.53. The molecule has 0 heterocycles. The van der Waals surface area contributed by atoms with Crippen LogP contribution in [0.3, 0.4) is 0 Å². The lowest BCUT2D eigenvalue weighted by Gasteiger charge is -2.31. The minimum Gasteiger partial charge on any atom is -0.462 e. The maximum absolute atomic E-state index is 11.1. The number of ether oxygens (including phenoxy) is 1. The number of hydrogen-bond acceptors (Lipinski definition) is 4. The van der Waals surface area contributed by atoms with Crippen LogP contribution in [0.5, 0.6) is 0 Å². The van der Waals surface area contributed by atoms with Crippen LogP contribution in [-0.2, 0) is 17.8 Å². The molecule has 0 aromatic rings. The molecule has 0 aliphatic rings. The molecule has 0 fully saturated rings. The fourth-order valence-corrected chi connectivity index (χ4v) is 11.2. The Bertz CT molecular complexity index is 311. The van der Waals surface area contributed by atoms with Gasteiger partial charge in [0.25, 0.3) is 0 Å². The smallest absolute Gasteiger partial charge is 0.333 e. The second kappa shape index (κ2) is 8.15. The van der Waals surface area contributed by atoms with E-state index in [0.717, 1.165) is 12.5 Å². The SMILES string of the molecule is C=C(C)C(=O)OCCC[SiH2]O[Si](C)(C)O[Si](C)(C)C. The predicted octanol–water partition coefficient (Wildman–Crippen LogP) is 2.57. The van der Waals surface area contributed by atoms with Crippen LogP contribution in [0.4, 0.5) is 0 Å². The van der Waals surface area contributed by atoms with Gasteiger partial charge in [0.05, 0.1) is 6.61 Å². The van der Waals surface area contributed by atoms with Crippen LogP contribution in [0.15, 0.2) is 12.2 Å². The van der Waals surface area contributed by atoms with Crippen LogP contribution in [0.25, 0.3) is 0 Å². The van der Waals surface area contributed by atoms with E-state index in [9.17, 15) is 4.79 Å². The van der Waals surface area contributed by atoms with Crippen LogP contribution in [0.2, 0.25) is 38.8 Å². The third kappa shape index (κ3) is 11.3. The van der Waals surface area contributed by atoms with Crippen molar-refractivity contribution in [3.05, 3.63) is 12.2 Å². The van der Waals surface area contributed by atoms with Gasteiger partial charge in [-0.05, 0) is 52.1 Å². The first kappa shape index (κ1) is 18.8. The number of hydrogen-bond donors (Lipinski definition) is 0. The van der Waals surface area contributed by atoms with Gasteiger partial charge in [-0.25, -0.2) is 4.79 Å². The Hall–Kier alpha value is -0.219. The van der Waals surface area contributed by atoms with Crippen molar-refractivity contribution in [3.8, 4) is 0 Å². The second-order valence-corrected chi connectivity index (χ2v) is 16.2. The number of esters is 1. The highest BCUT2D eigenvalue weighted by Crippen LogP contribution is 2.15. The van der Waals surface area contributed by atoms with Crippen molar-refractivity contribution in [2.75, 3.05) is 6.61 Å². The minimum absolute atomic E-state index is 0.306. The zero-order valence-electron chi connectivity index (χ0n) is 13.2. The van der Waals surface area contributed by atoms with Crippen molar-refractivity contribution in [2.24, 2.45) is 0 Å². The standard InChI is InChI=1S/C12H28O4Si3/c1-11(2)12(13)14-9-8-10-17-15-19(6,7)16-18(3,4)5/h1,8-10,17H2,2-7H3. The number of carbonyl (C=O) groups is 1. The van der Waals surface area contributed by atoms with E-state index in [4.69, 9.17) is 13.0 Å². The fraction of sp³-hybridized carbons (Fsp3) is 0.750. The van der Waals surface area contributed by atoms with Crippen molar-refractivity contribution >= 4 is 32.6 Å². The summed E-state index contributed by atoms with van der Waals surface area (Å²) in [6.45, 7) is 16.4. The Morgan fingerprint density at radius 1 is 1.21 bits per heavy atom. The molecular weight excluding hydrogens is 292 g/mol. The van der Waals surface area contributed by atoms with E-state index in [2.05, 4.69) is 39.3 Å². The van der Waals surface area contributed by atoms with E-state index in [1.165, 1.54) is 0 Å². The average molecular weight is 321 g/mol. The molecule has 0 rings (SSSR count). The van der Waals surface area contributed by atoms with Crippen molar-refractivity contribution in [1.82, 2.24) is 0 Å². The lowest BCUT2D eigenvalue weighted by Crippen LogP contribution is -2.45. The highest BCUT2D eigenvalue weighted by atomic mass is 28.5. The predicted molar refractivity (Wildman–Crippen MR) is 86.7 cm³/mol. The average Bonchev–Trinajstić information content (AvgIpc) is 2.18. The molecular formula is C12H28O4Si3. The molecule has 0 radical (unpaired) electrons. The number of rotatable bonds is 9. The van der Waals surface area contributed by atoms with E-state index >= 15 is 0 Å². The molecule has 0 atom stereocenters. The van der Waals surface area contributed by atoms with E-state index in [1.807, 2.05) is 0 Å². The van der Waals surface area contributed by atoms with E-state index < -0.39 is 26.6 Å². The molecule has 0 aromatic heterocycles. The summed E-state index contributed by atoms with van der Waals surface area (Å²) in [6.07, 6.45) is 0.864. The molecule has 4 nitrogen and oxygen atoms in total. The van der Waals surface area contributed by atoms with Crippen molar-refractivity contribution < 1.29 is 17.8 Å². The normalized spacial score (nSPS) is 12.9. The van der Waals surface area contributed by atoms with Crippen molar-refractivity contribution in [1.29, 1.82) is 0 Å². The molecule has 0 N–H and O–H groups in total. The second-order valence-electron chi connectivity index (χ2n) is 6.09. The Morgan fingerprint density at radius 3 is 2.26 bits per heavy atom. The third-order valence-corrected chi connectivity index (χ3v) is 10.9. The Labute approximate surface area is 121 Å². The van der Waals surface area contributed by atoms with Gasteiger partial charge in [0, 0.05) is 5.57 Å². The molecule has 0 spiro atoms. The highest BCUT2D eigenvalue weighted by Gasteiger charge is 2.30. The molecule has 0 unspecified atom stereocenters. The first-order valence-electron chi connectivity index (χ1n) is 6.70. The lowest BCUT2D eigenvalue weighted by molar-refractivity contribution is -0.138. The van der Waals surface area contributed by atoms with Gasteiger partial charge in [-0.2, -0.15) is 0 Å². The van der Waals surface area contributed by atoms with E-state index in [1.54, 1.807) is 6.92 Å². The molecule has 112 valence electrons. The van der Waals surface area contributed by atoms with Gasteiger partial charge < -0.3 is 13.0 Å². The molecule has 0 aromatic carbocycles. The summed E-state index contributed by atoms with van der Waals surface area (Å²) in [5.41, 5.74) is 0.450.